The van der Waals surface area contributed by atoms with Gasteiger partial charge in [0.05, 0.1) is 4.92 Å². The number of halogens is 2. The number of ether oxygens (including phenoxy) is 1. The number of rotatable bonds is 4. The molecule has 0 aliphatic rings. The van der Waals surface area contributed by atoms with Crippen LogP contribution in [0.2, 0.25) is 5.02 Å². The first kappa shape index (κ1) is 13.8. The maximum absolute atomic E-state index is 10.9. The van der Waals surface area contributed by atoms with E-state index in [-0.39, 0.29) is 18.0 Å². The van der Waals surface area contributed by atoms with E-state index < -0.39 is 4.92 Å². The lowest BCUT2D eigenvalue weighted by Crippen LogP contribution is -1.99. The van der Waals surface area contributed by atoms with Crippen molar-refractivity contribution in [2.75, 3.05) is 0 Å². The lowest BCUT2D eigenvalue weighted by atomic mass is 10.3. The highest BCUT2D eigenvalue weighted by atomic mass is 79.9. The van der Waals surface area contributed by atoms with Crippen molar-refractivity contribution < 1.29 is 9.66 Å². The van der Waals surface area contributed by atoms with Gasteiger partial charge in [-0.15, -0.1) is 0 Å². The van der Waals surface area contributed by atoms with Crippen LogP contribution in [0.25, 0.3) is 0 Å². The normalized spacial score (nSPS) is 10.2. The zero-order chi connectivity index (χ0) is 13.8. The number of pyridine rings is 1. The summed E-state index contributed by atoms with van der Waals surface area (Å²) in [5, 5.41) is 11.2. The van der Waals surface area contributed by atoms with E-state index in [2.05, 4.69) is 20.9 Å². The highest BCUT2D eigenvalue weighted by Crippen LogP contribution is 2.30. The second-order valence-corrected chi connectivity index (χ2v) is 5.02. The lowest BCUT2D eigenvalue weighted by molar-refractivity contribution is -0.385. The van der Waals surface area contributed by atoms with Crippen LogP contribution in [0.3, 0.4) is 0 Å². The Hall–Kier alpha value is -1.66. The lowest BCUT2D eigenvalue weighted by Gasteiger charge is -2.07. The molecule has 1 heterocycles. The minimum atomic E-state index is -0.527. The van der Waals surface area contributed by atoms with Crippen molar-refractivity contribution in [1.82, 2.24) is 4.98 Å². The van der Waals surface area contributed by atoms with Gasteiger partial charge in [-0.3, -0.25) is 15.1 Å². The first-order chi connectivity index (χ1) is 9.06. The molecule has 2 aromatic rings. The van der Waals surface area contributed by atoms with Crippen molar-refractivity contribution >= 4 is 33.2 Å². The average molecular weight is 344 g/mol. The Balaban J connectivity index is 2.17. The van der Waals surface area contributed by atoms with Gasteiger partial charge in [0.2, 0.25) is 0 Å². The first-order valence-electron chi connectivity index (χ1n) is 5.22. The van der Waals surface area contributed by atoms with Crippen molar-refractivity contribution in [3.8, 4) is 5.75 Å². The molecule has 1 aromatic heterocycles. The number of hydrogen-bond donors (Lipinski definition) is 0. The van der Waals surface area contributed by atoms with Gasteiger partial charge in [0.25, 0.3) is 0 Å². The molecule has 0 fully saturated rings. The molecule has 98 valence electrons. The maximum Gasteiger partial charge on any atom is 0.312 e. The van der Waals surface area contributed by atoms with Gasteiger partial charge in [0.1, 0.15) is 6.61 Å². The summed E-state index contributed by atoms with van der Waals surface area (Å²) in [6.45, 7) is 0.189. The van der Waals surface area contributed by atoms with Crippen LogP contribution in [0.5, 0.6) is 5.75 Å². The maximum atomic E-state index is 10.9. The average Bonchev–Trinajstić information content (AvgIpc) is 2.37. The van der Waals surface area contributed by atoms with Crippen LogP contribution in [0.15, 0.2) is 41.1 Å². The molecule has 1 aromatic carbocycles. The summed E-state index contributed by atoms with van der Waals surface area (Å²) in [5.74, 6) is 0.175. The van der Waals surface area contributed by atoms with Gasteiger partial charge < -0.3 is 4.74 Å². The third-order valence-corrected chi connectivity index (χ3v) is 2.94. The largest absolute Gasteiger partial charge is 0.482 e. The summed E-state index contributed by atoms with van der Waals surface area (Å²) < 4.78 is 6.25. The second-order valence-electron chi connectivity index (χ2n) is 3.67. The minimum absolute atomic E-state index is 0.157. The van der Waals surface area contributed by atoms with E-state index in [0.29, 0.717) is 5.02 Å². The van der Waals surface area contributed by atoms with Gasteiger partial charge in [-0.05, 0) is 34.1 Å². The van der Waals surface area contributed by atoms with Crippen molar-refractivity contribution in [1.29, 1.82) is 0 Å². The summed E-state index contributed by atoms with van der Waals surface area (Å²) >= 11 is 9.01. The zero-order valence-electron chi connectivity index (χ0n) is 9.55. The summed E-state index contributed by atoms with van der Waals surface area (Å²) in [7, 11) is 0. The molecule has 0 aliphatic carbocycles. The van der Waals surface area contributed by atoms with Gasteiger partial charge in [-0.1, -0.05) is 11.6 Å². The van der Waals surface area contributed by atoms with Crippen molar-refractivity contribution in [2.24, 2.45) is 0 Å². The number of aromatic nitrogens is 1. The first-order valence-corrected chi connectivity index (χ1v) is 6.39. The Morgan fingerprint density at radius 2 is 2.16 bits per heavy atom. The molecule has 0 saturated heterocycles. The SMILES string of the molecule is O=[N+]([O-])c1cc(Cl)ccc1OCc1cncc(Br)c1. The van der Waals surface area contributed by atoms with E-state index in [1.807, 2.05) is 6.07 Å². The number of hydrogen-bond acceptors (Lipinski definition) is 4. The molecule has 0 bridgehead atoms. The fourth-order valence-corrected chi connectivity index (χ4v) is 2.03. The molecule has 0 unspecified atom stereocenters. The van der Waals surface area contributed by atoms with Crippen molar-refractivity contribution in [3.63, 3.8) is 0 Å². The molecule has 0 atom stereocenters. The number of nitrogens with zero attached hydrogens (tertiary/aromatic N) is 2. The zero-order valence-corrected chi connectivity index (χ0v) is 11.9. The van der Waals surface area contributed by atoms with Crippen LogP contribution >= 0.6 is 27.5 Å². The highest BCUT2D eigenvalue weighted by molar-refractivity contribution is 9.10. The van der Waals surface area contributed by atoms with E-state index in [1.165, 1.54) is 12.1 Å². The highest BCUT2D eigenvalue weighted by Gasteiger charge is 2.15. The topological polar surface area (TPSA) is 65.3 Å². The summed E-state index contributed by atoms with van der Waals surface area (Å²) in [6, 6.07) is 6.11. The second kappa shape index (κ2) is 5.99. The monoisotopic (exact) mass is 342 g/mol. The van der Waals surface area contributed by atoms with Crippen LogP contribution in [0.4, 0.5) is 5.69 Å². The Morgan fingerprint density at radius 1 is 1.37 bits per heavy atom. The predicted molar refractivity (Wildman–Crippen MR) is 74.4 cm³/mol. The molecule has 7 heteroatoms. The van der Waals surface area contributed by atoms with Gasteiger partial charge >= 0.3 is 5.69 Å². The number of benzene rings is 1. The van der Waals surface area contributed by atoms with E-state index in [1.54, 1.807) is 18.5 Å². The molecule has 0 saturated carbocycles. The third-order valence-electron chi connectivity index (χ3n) is 2.27. The van der Waals surface area contributed by atoms with E-state index in [0.717, 1.165) is 10.0 Å². The standard InChI is InChI=1S/C12H8BrClN2O3/c13-9-3-8(5-15-6-9)7-19-12-2-1-10(14)4-11(12)16(17)18/h1-6H,7H2. The summed E-state index contributed by atoms with van der Waals surface area (Å²) in [6.07, 6.45) is 3.28. The Labute approximate surface area is 122 Å². The molecule has 19 heavy (non-hydrogen) atoms. The fraction of sp³-hybridized carbons (Fsp3) is 0.0833. The molecule has 2 rings (SSSR count). The quantitative estimate of drug-likeness (QED) is 0.622. The summed E-state index contributed by atoms with van der Waals surface area (Å²) in [4.78, 5) is 14.3. The summed E-state index contributed by atoms with van der Waals surface area (Å²) in [5.41, 5.74) is 0.647. The molecule has 0 spiro atoms. The van der Waals surface area contributed by atoms with Crippen molar-refractivity contribution in [3.05, 3.63) is 61.8 Å². The Kier molecular flexibility index (Phi) is 4.34. The van der Waals surface area contributed by atoms with Crippen LogP contribution in [0.1, 0.15) is 5.56 Å². The molecular weight excluding hydrogens is 336 g/mol. The number of nitro groups is 1. The van der Waals surface area contributed by atoms with Crippen LogP contribution in [0, 0.1) is 10.1 Å². The van der Waals surface area contributed by atoms with Gasteiger partial charge in [0.15, 0.2) is 5.75 Å². The van der Waals surface area contributed by atoms with Crippen LogP contribution < -0.4 is 4.74 Å². The fourth-order valence-electron chi connectivity index (χ4n) is 1.45. The molecule has 0 aliphatic heterocycles. The predicted octanol–water partition coefficient (Wildman–Crippen LogP) is 3.98. The van der Waals surface area contributed by atoms with Crippen LogP contribution in [-0.2, 0) is 6.61 Å². The smallest absolute Gasteiger partial charge is 0.312 e. The van der Waals surface area contributed by atoms with Gasteiger partial charge in [-0.25, -0.2) is 0 Å². The third kappa shape index (κ3) is 3.65. The molecule has 0 N–H and O–H groups in total. The Bertz CT molecular complexity index is 622. The number of nitro benzene ring substituents is 1. The van der Waals surface area contributed by atoms with Crippen LogP contribution in [-0.4, -0.2) is 9.91 Å². The molecular formula is C12H8BrClN2O3. The van der Waals surface area contributed by atoms with Gasteiger partial charge in [0, 0.05) is 33.5 Å². The molecule has 0 radical (unpaired) electrons. The van der Waals surface area contributed by atoms with E-state index in [9.17, 15) is 10.1 Å². The van der Waals surface area contributed by atoms with E-state index >= 15 is 0 Å². The molecule has 5 nitrogen and oxygen atoms in total. The van der Waals surface area contributed by atoms with E-state index in [4.69, 9.17) is 16.3 Å². The molecule has 0 amide bonds. The Morgan fingerprint density at radius 3 is 2.84 bits per heavy atom. The van der Waals surface area contributed by atoms with Gasteiger partial charge in [-0.2, -0.15) is 0 Å². The minimum Gasteiger partial charge on any atom is -0.482 e. The van der Waals surface area contributed by atoms with Crippen molar-refractivity contribution in [2.45, 2.75) is 6.61 Å².